The van der Waals surface area contributed by atoms with Crippen LogP contribution in [0.25, 0.3) is 10.9 Å². The standard InChI is InChI=1S/C17H23NO3/c1-5-20-15-8-6-7-14-13(15)9-11-18(14)12-10-16(19)21-17(2,3)4/h6-9,11H,5,10,12H2,1-4H3. The van der Waals surface area contributed by atoms with E-state index in [0.717, 1.165) is 16.7 Å². The predicted octanol–water partition coefficient (Wildman–Crippen LogP) is 3.77. The first kappa shape index (κ1) is 15.4. The van der Waals surface area contributed by atoms with Crippen LogP contribution in [0.15, 0.2) is 30.5 Å². The number of ether oxygens (including phenoxy) is 2. The zero-order valence-corrected chi connectivity index (χ0v) is 13.2. The molecule has 1 aromatic heterocycles. The van der Waals surface area contributed by atoms with Crippen molar-refractivity contribution in [3.8, 4) is 5.75 Å². The fourth-order valence-corrected chi connectivity index (χ4v) is 2.28. The van der Waals surface area contributed by atoms with Crippen molar-refractivity contribution in [3.63, 3.8) is 0 Å². The van der Waals surface area contributed by atoms with E-state index in [-0.39, 0.29) is 5.97 Å². The molecule has 4 heteroatoms. The first-order valence-corrected chi connectivity index (χ1v) is 7.33. The van der Waals surface area contributed by atoms with E-state index in [2.05, 4.69) is 4.57 Å². The van der Waals surface area contributed by atoms with Gasteiger partial charge in [-0.3, -0.25) is 4.79 Å². The van der Waals surface area contributed by atoms with Crippen molar-refractivity contribution in [1.82, 2.24) is 4.57 Å². The van der Waals surface area contributed by atoms with Crippen LogP contribution in [0.4, 0.5) is 0 Å². The summed E-state index contributed by atoms with van der Waals surface area (Å²) in [5.41, 5.74) is 0.641. The Balaban J connectivity index is 2.10. The van der Waals surface area contributed by atoms with E-state index < -0.39 is 5.60 Å². The Hall–Kier alpha value is -1.97. The average Bonchev–Trinajstić information content (AvgIpc) is 2.79. The zero-order chi connectivity index (χ0) is 15.5. The van der Waals surface area contributed by atoms with Gasteiger partial charge in [0, 0.05) is 18.1 Å². The summed E-state index contributed by atoms with van der Waals surface area (Å²) in [6.45, 7) is 8.85. The summed E-state index contributed by atoms with van der Waals surface area (Å²) >= 11 is 0. The summed E-state index contributed by atoms with van der Waals surface area (Å²) in [5.74, 6) is 0.705. The maximum atomic E-state index is 11.8. The van der Waals surface area contributed by atoms with Crippen molar-refractivity contribution in [2.24, 2.45) is 0 Å². The van der Waals surface area contributed by atoms with Crippen molar-refractivity contribution in [1.29, 1.82) is 0 Å². The minimum atomic E-state index is -0.433. The van der Waals surface area contributed by atoms with Gasteiger partial charge in [-0.2, -0.15) is 0 Å². The van der Waals surface area contributed by atoms with Crippen molar-refractivity contribution in [2.75, 3.05) is 6.61 Å². The normalized spacial score (nSPS) is 11.6. The van der Waals surface area contributed by atoms with Gasteiger partial charge in [0.25, 0.3) is 0 Å². The van der Waals surface area contributed by atoms with E-state index in [0.29, 0.717) is 19.6 Å². The molecule has 1 aromatic carbocycles. The summed E-state index contributed by atoms with van der Waals surface area (Å²) in [6.07, 6.45) is 2.34. The van der Waals surface area contributed by atoms with Crippen LogP contribution in [-0.2, 0) is 16.1 Å². The van der Waals surface area contributed by atoms with Gasteiger partial charge in [-0.1, -0.05) is 6.07 Å². The van der Waals surface area contributed by atoms with E-state index in [1.807, 2.05) is 58.2 Å². The third-order valence-electron chi connectivity index (χ3n) is 3.05. The second kappa shape index (κ2) is 6.20. The molecule has 2 aromatic rings. The Morgan fingerprint density at radius 2 is 2.00 bits per heavy atom. The first-order chi connectivity index (χ1) is 9.90. The molecule has 0 amide bonds. The third kappa shape index (κ3) is 4.00. The molecule has 0 saturated carbocycles. The molecule has 2 rings (SSSR count). The highest BCUT2D eigenvalue weighted by atomic mass is 16.6. The number of esters is 1. The molecule has 0 aliphatic carbocycles. The van der Waals surface area contributed by atoms with E-state index in [9.17, 15) is 4.79 Å². The Morgan fingerprint density at radius 1 is 1.24 bits per heavy atom. The molecular weight excluding hydrogens is 266 g/mol. The largest absolute Gasteiger partial charge is 0.493 e. The number of aryl methyl sites for hydroxylation is 1. The van der Waals surface area contributed by atoms with Gasteiger partial charge in [0.05, 0.1) is 18.5 Å². The fourth-order valence-electron chi connectivity index (χ4n) is 2.28. The summed E-state index contributed by atoms with van der Waals surface area (Å²) in [6, 6.07) is 7.99. The van der Waals surface area contributed by atoms with Crippen molar-refractivity contribution < 1.29 is 14.3 Å². The van der Waals surface area contributed by atoms with Crippen LogP contribution < -0.4 is 4.74 Å². The van der Waals surface area contributed by atoms with Gasteiger partial charge in [-0.25, -0.2) is 0 Å². The summed E-state index contributed by atoms with van der Waals surface area (Å²) in [5, 5.41) is 1.07. The number of hydrogen-bond donors (Lipinski definition) is 0. The Labute approximate surface area is 125 Å². The third-order valence-corrected chi connectivity index (χ3v) is 3.05. The quantitative estimate of drug-likeness (QED) is 0.787. The molecule has 0 spiro atoms. The lowest BCUT2D eigenvalue weighted by Crippen LogP contribution is -2.24. The maximum Gasteiger partial charge on any atom is 0.308 e. The highest BCUT2D eigenvalue weighted by Gasteiger charge is 2.16. The monoisotopic (exact) mass is 289 g/mol. The fraction of sp³-hybridized carbons (Fsp3) is 0.471. The summed E-state index contributed by atoms with van der Waals surface area (Å²) < 4.78 is 13.0. The van der Waals surface area contributed by atoms with Crippen LogP contribution in [0.1, 0.15) is 34.1 Å². The predicted molar refractivity (Wildman–Crippen MR) is 83.6 cm³/mol. The molecule has 0 N–H and O–H groups in total. The molecule has 21 heavy (non-hydrogen) atoms. The van der Waals surface area contributed by atoms with Gasteiger partial charge >= 0.3 is 5.97 Å². The second-order valence-electron chi connectivity index (χ2n) is 5.97. The molecule has 0 aliphatic rings. The number of hydrogen-bond acceptors (Lipinski definition) is 3. The minimum absolute atomic E-state index is 0.176. The van der Waals surface area contributed by atoms with Crippen LogP contribution in [0, 0.1) is 0 Å². The molecule has 4 nitrogen and oxygen atoms in total. The Bertz CT molecular complexity index is 622. The van der Waals surface area contributed by atoms with Gasteiger partial charge in [-0.05, 0) is 45.9 Å². The minimum Gasteiger partial charge on any atom is -0.493 e. The van der Waals surface area contributed by atoms with Gasteiger partial charge in [0.2, 0.25) is 0 Å². The molecule has 1 heterocycles. The molecule has 0 saturated heterocycles. The van der Waals surface area contributed by atoms with Crippen LogP contribution in [0.2, 0.25) is 0 Å². The lowest BCUT2D eigenvalue weighted by atomic mass is 10.2. The number of carbonyl (C=O) groups is 1. The summed E-state index contributed by atoms with van der Waals surface area (Å²) in [7, 11) is 0. The molecule has 0 atom stereocenters. The van der Waals surface area contributed by atoms with Crippen molar-refractivity contribution >= 4 is 16.9 Å². The van der Waals surface area contributed by atoms with Crippen LogP contribution >= 0.6 is 0 Å². The number of nitrogens with zero attached hydrogens (tertiary/aromatic N) is 1. The Kier molecular flexibility index (Phi) is 4.56. The number of rotatable bonds is 5. The topological polar surface area (TPSA) is 40.5 Å². The van der Waals surface area contributed by atoms with Gasteiger partial charge in [0.1, 0.15) is 11.4 Å². The maximum absolute atomic E-state index is 11.8. The number of benzene rings is 1. The van der Waals surface area contributed by atoms with Gasteiger partial charge in [-0.15, -0.1) is 0 Å². The van der Waals surface area contributed by atoms with Crippen molar-refractivity contribution in [3.05, 3.63) is 30.5 Å². The van der Waals surface area contributed by atoms with Crippen LogP contribution in [0.5, 0.6) is 5.75 Å². The second-order valence-corrected chi connectivity index (χ2v) is 5.97. The zero-order valence-electron chi connectivity index (χ0n) is 13.2. The molecule has 0 radical (unpaired) electrons. The molecule has 0 unspecified atom stereocenters. The van der Waals surface area contributed by atoms with Crippen LogP contribution in [-0.4, -0.2) is 22.7 Å². The highest BCUT2D eigenvalue weighted by molar-refractivity contribution is 5.86. The molecular formula is C17H23NO3. The average molecular weight is 289 g/mol. The number of aromatic nitrogens is 1. The van der Waals surface area contributed by atoms with E-state index in [4.69, 9.17) is 9.47 Å². The lowest BCUT2D eigenvalue weighted by molar-refractivity contribution is -0.155. The lowest BCUT2D eigenvalue weighted by Gasteiger charge is -2.19. The smallest absolute Gasteiger partial charge is 0.308 e. The SMILES string of the molecule is CCOc1cccc2c1ccn2CCC(=O)OC(C)(C)C. The first-order valence-electron chi connectivity index (χ1n) is 7.33. The number of carbonyl (C=O) groups excluding carboxylic acids is 1. The molecule has 114 valence electrons. The van der Waals surface area contributed by atoms with Gasteiger partial charge in [0.15, 0.2) is 0 Å². The number of fused-ring (bicyclic) bond motifs is 1. The van der Waals surface area contributed by atoms with E-state index in [1.54, 1.807) is 0 Å². The summed E-state index contributed by atoms with van der Waals surface area (Å²) in [4.78, 5) is 11.8. The highest BCUT2D eigenvalue weighted by Crippen LogP contribution is 2.26. The van der Waals surface area contributed by atoms with Crippen molar-refractivity contribution in [2.45, 2.75) is 46.3 Å². The van der Waals surface area contributed by atoms with Gasteiger partial charge < -0.3 is 14.0 Å². The molecule has 0 fully saturated rings. The van der Waals surface area contributed by atoms with E-state index in [1.165, 1.54) is 0 Å². The van der Waals surface area contributed by atoms with E-state index >= 15 is 0 Å². The molecule has 0 bridgehead atoms. The van der Waals surface area contributed by atoms with Crippen LogP contribution in [0.3, 0.4) is 0 Å². The Morgan fingerprint density at radius 3 is 2.67 bits per heavy atom. The molecule has 0 aliphatic heterocycles.